The molecule has 4 nitrogen and oxygen atoms in total. The quantitative estimate of drug-likeness (QED) is 0.410. The Morgan fingerprint density at radius 1 is 1.17 bits per heavy atom. The summed E-state index contributed by atoms with van der Waals surface area (Å²) in [6.07, 6.45) is -2.91. The number of thiophene rings is 1. The molecular weight excluding hydrogens is 469 g/mol. The van der Waals surface area contributed by atoms with Crippen molar-refractivity contribution in [1.82, 2.24) is 0 Å². The molecule has 1 unspecified atom stereocenters. The average molecular weight is 482 g/mol. The van der Waals surface area contributed by atoms with E-state index in [1.165, 1.54) is 0 Å². The van der Waals surface area contributed by atoms with Crippen molar-refractivity contribution in [3.05, 3.63) is 54.4 Å². The number of alkyl halides is 3. The van der Waals surface area contributed by atoms with Crippen LogP contribution in [0, 0.1) is 5.82 Å². The van der Waals surface area contributed by atoms with Gasteiger partial charge in [0, 0.05) is 5.56 Å². The molecule has 1 atom stereocenters. The maximum absolute atomic E-state index is 14.2. The predicted octanol–water partition coefficient (Wildman–Crippen LogP) is 6.35. The summed E-state index contributed by atoms with van der Waals surface area (Å²) in [4.78, 5) is 17.1. The van der Waals surface area contributed by atoms with E-state index in [2.05, 4.69) is 5.16 Å². The van der Waals surface area contributed by atoms with Crippen molar-refractivity contribution in [1.29, 1.82) is 0 Å². The van der Waals surface area contributed by atoms with Crippen molar-refractivity contribution < 1.29 is 32.3 Å². The minimum Gasteiger partial charge on any atom is -0.477 e. The van der Waals surface area contributed by atoms with Crippen molar-refractivity contribution in [2.75, 3.05) is 0 Å². The van der Waals surface area contributed by atoms with Gasteiger partial charge in [0.1, 0.15) is 10.6 Å². The molecule has 160 valence electrons. The molecular formula is C19H13Cl2F4NO3S. The molecule has 30 heavy (non-hydrogen) atoms. The smallest absolute Gasteiger partial charge is 0.435 e. The van der Waals surface area contributed by atoms with E-state index < -0.39 is 45.6 Å². The van der Waals surface area contributed by atoms with E-state index in [1.54, 1.807) is 0 Å². The summed E-state index contributed by atoms with van der Waals surface area (Å²) in [5.74, 6) is -2.15. The van der Waals surface area contributed by atoms with Gasteiger partial charge in [0.15, 0.2) is 5.82 Å². The minimum atomic E-state index is -4.92. The lowest BCUT2D eigenvalue weighted by Crippen LogP contribution is -2.42. The molecule has 0 saturated heterocycles. The fraction of sp³-hybridized carbons (Fsp3) is 0.368. The number of rotatable bonds is 3. The first kappa shape index (κ1) is 21.4. The fourth-order valence-electron chi connectivity index (χ4n) is 3.85. The first-order valence-electron chi connectivity index (χ1n) is 8.90. The maximum atomic E-state index is 14.2. The zero-order valence-electron chi connectivity index (χ0n) is 15.1. The predicted molar refractivity (Wildman–Crippen MR) is 104 cm³/mol. The van der Waals surface area contributed by atoms with Gasteiger partial charge >= 0.3 is 12.1 Å². The maximum Gasteiger partial charge on any atom is 0.435 e. The number of oxime groups is 1. The third kappa shape index (κ3) is 3.27. The van der Waals surface area contributed by atoms with Crippen LogP contribution in [0.25, 0.3) is 0 Å². The molecule has 2 aromatic rings. The summed E-state index contributed by atoms with van der Waals surface area (Å²) in [5.41, 5.74) is -2.03. The highest BCUT2D eigenvalue weighted by molar-refractivity contribution is 7.16. The minimum absolute atomic E-state index is 0.000421. The van der Waals surface area contributed by atoms with E-state index in [9.17, 15) is 27.5 Å². The molecule has 1 aliphatic carbocycles. The van der Waals surface area contributed by atoms with Gasteiger partial charge in [0.05, 0.1) is 21.3 Å². The second-order valence-electron chi connectivity index (χ2n) is 7.11. The number of carbonyl (C=O) groups is 1. The van der Waals surface area contributed by atoms with E-state index in [1.807, 2.05) is 0 Å². The number of carboxylic acids is 1. The van der Waals surface area contributed by atoms with Crippen LogP contribution in [0.3, 0.4) is 0 Å². The molecule has 4 rings (SSSR count). The zero-order valence-corrected chi connectivity index (χ0v) is 17.4. The summed E-state index contributed by atoms with van der Waals surface area (Å²) >= 11 is 12.3. The third-order valence-electron chi connectivity index (χ3n) is 5.31. The molecule has 0 radical (unpaired) electrons. The number of hydrogen-bond acceptors (Lipinski definition) is 4. The summed E-state index contributed by atoms with van der Waals surface area (Å²) in [5, 5.41) is 12.0. The van der Waals surface area contributed by atoms with Gasteiger partial charge in [-0.2, -0.15) is 13.2 Å². The lowest BCUT2D eigenvalue weighted by Gasteiger charge is -2.29. The number of benzene rings is 1. The largest absolute Gasteiger partial charge is 0.477 e. The van der Waals surface area contributed by atoms with Gasteiger partial charge in [-0.25, -0.2) is 9.18 Å². The molecule has 0 fully saturated rings. The molecule has 0 amide bonds. The standard InChI is InChI=1S/C19H13Cl2F4NO3S/c20-11-5-8(6-12(21)14(11)22)18(19(23,24)25)7-13(26-29-18)15-9-3-1-2-4-10(9)16(30-15)17(27)28/h5-6H,1-4,7H2,(H,27,28). The van der Waals surface area contributed by atoms with Gasteiger partial charge < -0.3 is 9.94 Å². The second kappa shape index (κ2) is 7.39. The van der Waals surface area contributed by atoms with Crippen LogP contribution < -0.4 is 0 Å². The molecule has 1 aromatic heterocycles. The normalized spacial score (nSPS) is 21.2. The second-order valence-corrected chi connectivity index (χ2v) is 8.95. The first-order chi connectivity index (χ1) is 14.0. The summed E-state index contributed by atoms with van der Waals surface area (Å²) in [6.45, 7) is 0. The van der Waals surface area contributed by atoms with Crippen molar-refractivity contribution >= 4 is 46.2 Å². The van der Waals surface area contributed by atoms with E-state index in [4.69, 9.17) is 28.0 Å². The van der Waals surface area contributed by atoms with E-state index in [0.717, 1.165) is 36.3 Å². The number of aromatic carboxylic acids is 1. The van der Waals surface area contributed by atoms with Crippen LogP contribution in [0.4, 0.5) is 17.6 Å². The highest BCUT2D eigenvalue weighted by Gasteiger charge is 2.63. The zero-order chi connectivity index (χ0) is 21.8. The molecule has 11 heteroatoms. The highest BCUT2D eigenvalue weighted by Crippen LogP contribution is 2.51. The summed E-state index contributed by atoms with van der Waals surface area (Å²) in [6, 6.07) is 1.64. The van der Waals surface area contributed by atoms with E-state index in [-0.39, 0.29) is 10.6 Å². The third-order valence-corrected chi connectivity index (χ3v) is 7.17. The van der Waals surface area contributed by atoms with Crippen LogP contribution in [0.15, 0.2) is 17.3 Å². The van der Waals surface area contributed by atoms with Crippen LogP contribution in [-0.4, -0.2) is 23.0 Å². The monoisotopic (exact) mass is 481 g/mol. The lowest BCUT2D eigenvalue weighted by atomic mass is 9.85. The van der Waals surface area contributed by atoms with Crippen LogP contribution in [-0.2, 0) is 23.3 Å². The Kier molecular flexibility index (Phi) is 5.27. The van der Waals surface area contributed by atoms with Gasteiger partial charge in [-0.1, -0.05) is 28.4 Å². The Morgan fingerprint density at radius 2 is 1.77 bits per heavy atom. The Balaban J connectivity index is 1.80. The highest BCUT2D eigenvalue weighted by atomic mass is 35.5. The topological polar surface area (TPSA) is 58.9 Å². The Hall–Kier alpha value is -1.84. The van der Waals surface area contributed by atoms with Crippen LogP contribution in [0.2, 0.25) is 10.0 Å². The SMILES string of the molecule is O=C(O)c1sc(C2=NOC(c3cc(Cl)c(F)c(Cl)c3)(C(F)(F)F)C2)c2c1CCCC2. The van der Waals surface area contributed by atoms with Gasteiger partial charge in [0.2, 0.25) is 0 Å². The molecule has 1 N–H and O–H groups in total. The lowest BCUT2D eigenvalue weighted by molar-refractivity contribution is -0.275. The molecule has 0 spiro atoms. The van der Waals surface area contributed by atoms with E-state index >= 15 is 0 Å². The molecule has 2 heterocycles. The van der Waals surface area contributed by atoms with Crippen molar-refractivity contribution in [3.63, 3.8) is 0 Å². The molecule has 0 bridgehead atoms. The van der Waals surface area contributed by atoms with Crippen LogP contribution in [0.1, 0.15) is 50.5 Å². The summed E-state index contributed by atoms with van der Waals surface area (Å²) in [7, 11) is 0. The van der Waals surface area contributed by atoms with Gasteiger partial charge in [-0.05, 0) is 48.9 Å². The van der Waals surface area contributed by atoms with Crippen molar-refractivity contribution in [3.8, 4) is 0 Å². The Morgan fingerprint density at radius 3 is 2.33 bits per heavy atom. The van der Waals surface area contributed by atoms with Gasteiger partial charge in [-0.3, -0.25) is 0 Å². The Labute approximate surface area is 182 Å². The molecule has 1 aliphatic heterocycles. The van der Waals surface area contributed by atoms with Gasteiger partial charge in [-0.15, -0.1) is 11.3 Å². The van der Waals surface area contributed by atoms with Crippen molar-refractivity contribution in [2.45, 2.75) is 43.9 Å². The fourth-order valence-corrected chi connectivity index (χ4v) is 5.55. The summed E-state index contributed by atoms with van der Waals surface area (Å²) < 4.78 is 56.2. The van der Waals surface area contributed by atoms with E-state index in [0.29, 0.717) is 28.8 Å². The van der Waals surface area contributed by atoms with Gasteiger partial charge in [0.25, 0.3) is 5.60 Å². The first-order valence-corrected chi connectivity index (χ1v) is 10.5. The van der Waals surface area contributed by atoms with Crippen molar-refractivity contribution in [2.24, 2.45) is 5.16 Å². The Bertz CT molecular complexity index is 1060. The number of halogens is 6. The molecule has 1 aromatic carbocycles. The number of nitrogens with zero attached hydrogens (tertiary/aromatic N) is 1. The molecule has 2 aliphatic rings. The molecule has 0 saturated carbocycles. The average Bonchev–Trinajstić information content (AvgIpc) is 3.28. The van der Waals surface area contributed by atoms with Crippen LogP contribution in [0.5, 0.6) is 0 Å². The number of fused-ring (bicyclic) bond motifs is 1. The number of carboxylic acid groups (broad SMARTS) is 1. The van der Waals surface area contributed by atoms with Crippen LogP contribution >= 0.6 is 34.5 Å². The number of hydrogen-bond donors (Lipinski definition) is 1.